The van der Waals surface area contributed by atoms with E-state index in [1.807, 2.05) is 19.1 Å². The number of thioether (sulfide) groups is 1. The van der Waals surface area contributed by atoms with Crippen LogP contribution in [0.1, 0.15) is 24.1 Å². The molecule has 1 atom stereocenters. The average molecular weight is 676 g/mol. The number of alkyl halides is 5. The normalized spacial score (nSPS) is 15.3. The molecule has 1 aliphatic heterocycles. The first-order valence-electron chi connectivity index (χ1n) is 13.8. The molecule has 1 unspecified atom stereocenters. The number of rotatable bonds is 10. The lowest BCUT2D eigenvalue weighted by Crippen LogP contribution is -2.41. The summed E-state index contributed by atoms with van der Waals surface area (Å²) in [5, 5.41) is 4.58. The van der Waals surface area contributed by atoms with Crippen LogP contribution in [0.15, 0.2) is 84.1 Å². The van der Waals surface area contributed by atoms with Crippen molar-refractivity contribution >= 4 is 34.6 Å². The molecule has 17 heteroatoms. The van der Waals surface area contributed by atoms with Crippen molar-refractivity contribution in [2.45, 2.75) is 31.9 Å². The number of aromatic nitrogens is 3. The van der Waals surface area contributed by atoms with Crippen molar-refractivity contribution in [1.82, 2.24) is 25.6 Å². The number of halogens is 5. The van der Waals surface area contributed by atoms with Gasteiger partial charge in [0.2, 0.25) is 5.91 Å². The Morgan fingerprint density at radius 1 is 1.04 bits per heavy atom. The fourth-order valence-corrected chi connectivity index (χ4v) is 5.23. The minimum atomic E-state index is -5.85. The Balaban J connectivity index is 1.18. The van der Waals surface area contributed by atoms with Crippen LogP contribution in [0.25, 0.3) is 17.1 Å². The molecular formula is C30H26F5N7O4S. The number of amidine groups is 1. The molecule has 1 aromatic heterocycles. The van der Waals surface area contributed by atoms with Crippen molar-refractivity contribution in [2.24, 2.45) is 4.99 Å². The highest BCUT2D eigenvalue weighted by Gasteiger charge is 2.61. The molecule has 0 spiro atoms. The number of methoxy groups -OCH3 is 1. The zero-order chi connectivity index (χ0) is 33.8. The van der Waals surface area contributed by atoms with Crippen LogP contribution in [-0.2, 0) is 16.1 Å². The molecule has 5 rings (SSSR count). The third-order valence-corrected chi connectivity index (χ3v) is 7.65. The van der Waals surface area contributed by atoms with Crippen LogP contribution in [0.2, 0.25) is 0 Å². The molecule has 1 fully saturated rings. The van der Waals surface area contributed by atoms with Crippen LogP contribution in [0, 0.1) is 0 Å². The minimum Gasteiger partial charge on any atom is -0.426 e. The predicted octanol–water partition coefficient (Wildman–Crippen LogP) is 6.03. The number of hydrogen-bond acceptors (Lipinski definition) is 8. The minimum absolute atomic E-state index is 0.144. The van der Waals surface area contributed by atoms with Crippen LogP contribution in [-0.4, -0.2) is 57.0 Å². The molecular weight excluding hydrogens is 649 g/mol. The number of carbonyl (C=O) groups excluding carboxylic acids is 2. The van der Waals surface area contributed by atoms with Crippen LogP contribution < -0.4 is 20.5 Å². The fraction of sp³-hybridized carbons (Fsp3) is 0.233. The van der Waals surface area contributed by atoms with E-state index < -0.39 is 24.1 Å². The maximum atomic E-state index is 13.2. The number of carbonyl (C=O) groups is 2. The summed E-state index contributed by atoms with van der Waals surface area (Å²) in [4.78, 5) is 35.0. The lowest BCUT2D eigenvalue weighted by molar-refractivity contribution is -0.360. The van der Waals surface area contributed by atoms with Gasteiger partial charge in [-0.2, -0.15) is 26.9 Å². The van der Waals surface area contributed by atoms with E-state index in [-0.39, 0.29) is 29.5 Å². The molecule has 2 N–H and O–H groups in total. The number of anilines is 1. The third kappa shape index (κ3) is 7.75. The highest BCUT2D eigenvalue weighted by atomic mass is 32.2. The number of hydrazine groups is 1. The Hall–Kier alpha value is -4.87. The zero-order valence-electron chi connectivity index (χ0n) is 24.7. The van der Waals surface area contributed by atoms with Crippen molar-refractivity contribution in [3.8, 4) is 22.8 Å². The first kappa shape index (κ1) is 33.5. The molecule has 2 heterocycles. The smallest absolute Gasteiger partial charge is 0.426 e. The number of para-hydroxylation sites is 1. The summed E-state index contributed by atoms with van der Waals surface area (Å²) in [6.45, 7) is 2.10. The highest BCUT2D eigenvalue weighted by Crippen LogP contribution is 2.37. The van der Waals surface area contributed by atoms with E-state index in [9.17, 15) is 31.5 Å². The molecule has 3 amide bonds. The second-order valence-corrected chi connectivity index (χ2v) is 11.0. The van der Waals surface area contributed by atoms with Crippen molar-refractivity contribution in [1.29, 1.82) is 0 Å². The van der Waals surface area contributed by atoms with Gasteiger partial charge in [0.25, 0.3) is 0 Å². The van der Waals surface area contributed by atoms with E-state index in [0.717, 1.165) is 35.0 Å². The molecule has 47 heavy (non-hydrogen) atoms. The summed E-state index contributed by atoms with van der Waals surface area (Å²) in [6.07, 6.45) is -9.82. The topological polar surface area (TPSA) is 123 Å². The van der Waals surface area contributed by atoms with E-state index in [1.165, 1.54) is 28.0 Å². The van der Waals surface area contributed by atoms with Crippen molar-refractivity contribution in [3.63, 3.8) is 0 Å². The number of benzene rings is 3. The molecule has 0 aliphatic carbocycles. The molecule has 0 bridgehead atoms. The first-order chi connectivity index (χ1) is 22.4. The van der Waals surface area contributed by atoms with Crippen molar-refractivity contribution in [3.05, 3.63) is 90.3 Å². The number of aliphatic imine (C=N–C) groups is 1. The molecule has 1 saturated heterocycles. The average Bonchev–Trinajstić information content (AvgIpc) is 3.67. The van der Waals surface area contributed by atoms with Gasteiger partial charge in [-0.1, -0.05) is 54.2 Å². The van der Waals surface area contributed by atoms with Crippen LogP contribution in [0.4, 0.5) is 32.4 Å². The van der Waals surface area contributed by atoms with E-state index in [0.29, 0.717) is 22.8 Å². The maximum Gasteiger partial charge on any atom is 0.499 e. The third-order valence-electron chi connectivity index (χ3n) is 6.73. The summed E-state index contributed by atoms with van der Waals surface area (Å²) >= 11 is 1.16. The SMILES string of the molecule is COCc1ccccc1N1C(=O)CSC1=NC(=O)NNC(C)c1ccc(-c2ncn(-c3ccc(OC(F)(F)C(F)(F)F)cc3)n2)cc1. The van der Waals surface area contributed by atoms with Crippen LogP contribution >= 0.6 is 11.8 Å². The molecule has 0 radical (unpaired) electrons. The van der Waals surface area contributed by atoms with Gasteiger partial charge in [-0.15, -0.1) is 5.10 Å². The molecule has 4 aromatic rings. The zero-order valence-corrected chi connectivity index (χ0v) is 25.5. The quantitative estimate of drug-likeness (QED) is 0.155. The van der Waals surface area contributed by atoms with E-state index in [4.69, 9.17) is 4.74 Å². The maximum absolute atomic E-state index is 13.2. The highest BCUT2D eigenvalue weighted by molar-refractivity contribution is 8.15. The predicted molar refractivity (Wildman–Crippen MR) is 163 cm³/mol. The number of urea groups is 1. The van der Waals surface area contributed by atoms with E-state index >= 15 is 0 Å². The molecule has 3 aromatic carbocycles. The molecule has 246 valence electrons. The summed E-state index contributed by atoms with van der Waals surface area (Å²) < 4.78 is 73.9. The van der Waals surface area contributed by atoms with Gasteiger partial charge in [0.1, 0.15) is 12.1 Å². The standard InChI is InChI=1S/C30H26F5N7O4S/c1-18(38-39-27(44)37-28-42(25(43)16-47-28)24-6-4-3-5-21(24)15-45-2)19-7-9-20(10-8-19)26-36-17-41(40-26)22-11-13-23(14-12-22)46-30(34,35)29(31,32)33/h3-14,17-18,38H,15-16H2,1-2H3,(H,39,44). The molecule has 11 nitrogen and oxygen atoms in total. The van der Waals surface area contributed by atoms with Gasteiger partial charge in [0, 0.05) is 24.3 Å². The second-order valence-electron chi connectivity index (χ2n) is 10.0. The Morgan fingerprint density at radius 3 is 2.43 bits per heavy atom. The van der Waals surface area contributed by atoms with Gasteiger partial charge in [-0.3, -0.25) is 15.1 Å². The van der Waals surface area contributed by atoms with Gasteiger partial charge >= 0.3 is 18.3 Å². The number of nitrogens with zero attached hydrogens (tertiary/aromatic N) is 5. The van der Waals surface area contributed by atoms with Crippen molar-refractivity contribution in [2.75, 3.05) is 17.8 Å². The van der Waals surface area contributed by atoms with Gasteiger partial charge in [0.15, 0.2) is 11.0 Å². The Kier molecular flexibility index (Phi) is 9.88. The monoisotopic (exact) mass is 675 g/mol. The Morgan fingerprint density at radius 2 is 1.74 bits per heavy atom. The van der Waals surface area contributed by atoms with Crippen LogP contribution in [0.5, 0.6) is 5.75 Å². The summed E-state index contributed by atoms with van der Waals surface area (Å²) in [5.41, 5.74) is 8.58. The first-order valence-corrected chi connectivity index (χ1v) is 14.8. The van der Waals surface area contributed by atoms with Crippen molar-refractivity contribution < 1.29 is 41.0 Å². The van der Waals surface area contributed by atoms with E-state index in [2.05, 4.69) is 30.7 Å². The number of ether oxygens (including phenoxy) is 2. The van der Waals surface area contributed by atoms with E-state index in [1.54, 1.807) is 43.5 Å². The number of hydrogen-bond donors (Lipinski definition) is 2. The Labute approximate surface area is 268 Å². The van der Waals surface area contributed by atoms with Gasteiger partial charge in [-0.25, -0.2) is 19.9 Å². The molecule has 1 aliphatic rings. The lowest BCUT2D eigenvalue weighted by atomic mass is 10.1. The lowest BCUT2D eigenvalue weighted by Gasteiger charge is -2.20. The van der Waals surface area contributed by atoms with Gasteiger partial charge in [0.05, 0.1) is 23.7 Å². The fourth-order valence-electron chi connectivity index (χ4n) is 4.37. The largest absolute Gasteiger partial charge is 0.499 e. The summed E-state index contributed by atoms with van der Waals surface area (Å²) in [5.74, 6) is -0.405. The summed E-state index contributed by atoms with van der Waals surface area (Å²) in [6, 6.07) is 17.7. The van der Waals surface area contributed by atoms with Gasteiger partial charge < -0.3 is 9.47 Å². The Bertz CT molecular complexity index is 1770. The second kappa shape index (κ2) is 13.9. The summed E-state index contributed by atoms with van der Waals surface area (Å²) in [7, 11) is 1.55. The number of amides is 3. The molecule has 0 saturated carbocycles. The van der Waals surface area contributed by atoms with Crippen LogP contribution in [0.3, 0.4) is 0 Å². The number of nitrogens with one attached hydrogen (secondary N) is 2. The van der Waals surface area contributed by atoms with Gasteiger partial charge in [-0.05, 0) is 42.8 Å².